The number of carbonyl (C=O) groups excluding carboxylic acids is 3. The summed E-state index contributed by atoms with van der Waals surface area (Å²) in [5.41, 5.74) is 6.07. The minimum Gasteiger partial charge on any atom is -0.482 e. The summed E-state index contributed by atoms with van der Waals surface area (Å²) in [7, 11) is 0. The first kappa shape index (κ1) is 19.8. The van der Waals surface area contributed by atoms with Crippen molar-refractivity contribution in [1.29, 1.82) is 0 Å². The molecule has 0 atom stereocenters. The number of nitrogens with zero attached hydrogens (tertiary/aromatic N) is 1. The zero-order valence-electron chi connectivity index (χ0n) is 16.1. The topological polar surface area (TPSA) is 156 Å². The number of hydrogen-bond donors (Lipinski definition) is 4. The van der Waals surface area contributed by atoms with Crippen LogP contribution in [0.2, 0.25) is 0 Å². The summed E-state index contributed by atoms with van der Waals surface area (Å²) in [5, 5.41) is 5.29. The van der Waals surface area contributed by atoms with Crippen LogP contribution in [0.1, 0.15) is 26.7 Å². The van der Waals surface area contributed by atoms with Crippen LogP contribution in [0.15, 0.2) is 53.3 Å². The number of hydrogen-bond acceptors (Lipinski definition) is 6. The van der Waals surface area contributed by atoms with E-state index < -0.39 is 17.4 Å². The van der Waals surface area contributed by atoms with Crippen molar-refractivity contribution in [2.24, 2.45) is 5.73 Å². The lowest BCUT2D eigenvalue weighted by atomic mass is 10.1. The molecular formula is C21H17N5O5. The first-order valence-corrected chi connectivity index (χ1v) is 9.25. The second-order valence-corrected chi connectivity index (χ2v) is 6.72. The van der Waals surface area contributed by atoms with Crippen molar-refractivity contribution in [3.8, 4) is 16.9 Å². The molecule has 10 nitrogen and oxygen atoms in total. The quantitative estimate of drug-likeness (QED) is 0.479. The van der Waals surface area contributed by atoms with Crippen LogP contribution < -0.4 is 26.7 Å². The lowest BCUT2D eigenvalue weighted by molar-refractivity contribution is -0.118. The molecule has 1 aliphatic heterocycles. The Bertz CT molecular complexity index is 1250. The zero-order chi connectivity index (χ0) is 22.0. The molecule has 2 heterocycles. The molecule has 0 bridgehead atoms. The molecule has 0 spiro atoms. The third-order valence-electron chi connectivity index (χ3n) is 4.56. The average molecular weight is 419 g/mol. The Kier molecular flexibility index (Phi) is 5.19. The Morgan fingerprint density at radius 1 is 1.13 bits per heavy atom. The smallest absolute Gasteiger partial charge is 0.287 e. The van der Waals surface area contributed by atoms with Crippen molar-refractivity contribution in [2.45, 2.75) is 6.54 Å². The molecule has 0 unspecified atom stereocenters. The lowest BCUT2D eigenvalue weighted by Gasteiger charge is -2.18. The number of fused-ring (bicyclic) bond motifs is 1. The van der Waals surface area contributed by atoms with E-state index in [1.807, 2.05) is 0 Å². The van der Waals surface area contributed by atoms with E-state index in [1.165, 1.54) is 0 Å². The van der Waals surface area contributed by atoms with Crippen molar-refractivity contribution >= 4 is 23.4 Å². The Balaban J connectivity index is 1.57. The van der Waals surface area contributed by atoms with Crippen LogP contribution in [0, 0.1) is 0 Å². The minimum atomic E-state index is -0.926. The van der Waals surface area contributed by atoms with Crippen molar-refractivity contribution in [2.75, 3.05) is 11.9 Å². The summed E-state index contributed by atoms with van der Waals surface area (Å²) in [6.45, 7) is 0.0291. The molecule has 31 heavy (non-hydrogen) atoms. The molecule has 5 N–H and O–H groups in total. The van der Waals surface area contributed by atoms with Gasteiger partial charge in [0.2, 0.25) is 0 Å². The molecule has 156 valence electrons. The monoisotopic (exact) mass is 419 g/mol. The highest BCUT2D eigenvalue weighted by molar-refractivity contribution is 5.99. The number of carbonyl (C=O) groups is 3. The van der Waals surface area contributed by atoms with Crippen molar-refractivity contribution in [3.63, 3.8) is 0 Å². The number of amides is 3. The standard InChI is InChI=1S/C21H17N5O5/c22-18(28)17-16(12-4-2-1-3-5-12)20(29)26-19(25-17)21(30)23-9-11-6-7-14-13(8-11)24-15(27)10-31-14/h1-8H,9-10H2,(H2,22,28)(H,23,30)(H,24,27)(H,25,26,29). The fourth-order valence-corrected chi connectivity index (χ4v) is 3.14. The van der Waals surface area contributed by atoms with Crippen LogP contribution >= 0.6 is 0 Å². The zero-order valence-corrected chi connectivity index (χ0v) is 16.1. The second-order valence-electron chi connectivity index (χ2n) is 6.72. The van der Waals surface area contributed by atoms with Crippen molar-refractivity contribution < 1.29 is 19.1 Å². The number of anilines is 1. The summed E-state index contributed by atoms with van der Waals surface area (Å²) in [5.74, 6) is -1.70. The molecule has 0 fully saturated rings. The number of benzene rings is 2. The predicted octanol–water partition coefficient (Wildman–Crippen LogP) is 0.797. The summed E-state index contributed by atoms with van der Waals surface area (Å²) in [6, 6.07) is 13.5. The highest BCUT2D eigenvalue weighted by atomic mass is 16.5. The average Bonchev–Trinajstić information content (AvgIpc) is 2.77. The molecule has 4 rings (SSSR count). The van der Waals surface area contributed by atoms with Gasteiger partial charge in [-0.15, -0.1) is 0 Å². The summed E-state index contributed by atoms with van der Waals surface area (Å²) in [4.78, 5) is 54.9. The number of ether oxygens (including phenoxy) is 1. The minimum absolute atomic E-state index is 0.00456. The van der Waals surface area contributed by atoms with Gasteiger partial charge in [0.05, 0.1) is 11.3 Å². The van der Waals surface area contributed by atoms with E-state index in [9.17, 15) is 19.2 Å². The number of rotatable bonds is 5. The van der Waals surface area contributed by atoms with Crippen LogP contribution in [0.4, 0.5) is 5.69 Å². The van der Waals surface area contributed by atoms with Gasteiger partial charge in [0.25, 0.3) is 23.3 Å². The molecular weight excluding hydrogens is 402 g/mol. The largest absolute Gasteiger partial charge is 0.482 e. The van der Waals surface area contributed by atoms with E-state index in [2.05, 4.69) is 20.6 Å². The van der Waals surface area contributed by atoms with Gasteiger partial charge in [-0.25, -0.2) is 4.98 Å². The van der Waals surface area contributed by atoms with E-state index in [4.69, 9.17) is 10.5 Å². The molecule has 10 heteroatoms. The number of nitrogens with one attached hydrogen (secondary N) is 3. The molecule has 3 amide bonds. The Labute approximate surface area is 175 Å². The van der Waals surface area contributed by atoms with Gasteiger partial charge in [0.1, 0.15) is 11.4 Å². The Morgan fingerprint density at radius 3 is 2.65 bits per heavy atom. The first-order chi connectivity index (χ1) is 14.9. The van der Waals surface area contributed by atoms with Gasteiger partial charge >= 0.3 is 0 Å². The summed E-state index contributed by atoms with van der Waals surface area (Å²) in [6.07, 6.45) is 0. The summed E-state index contributed by atoms with van der Waals surface area (Å²) < 4.78 is 5.29. The van der Waals surface area contributed by atoms with Crippen molar-refractivity contribution in [3.05, 3.63) is 76.0 Å². The SMILES string of the molecule is NC(=O)c1nc(C(=O)NCc2ccc3c(c2)NC(=O)CO3)[nH]c(=O)c1-c1ccccc1. The highest BCUT2D eigenvalue weighted by Crippen LogP contribution is 2.28. The second kappa shape index (κ2) is 8.11. The number of aromatic nitrogens is 2. The van der Waals surface area contributed by atoms with Crippen LogP contribution in [0.3, 0.4) is 0 Å². The van der Waals surface area contributed by atoms with E-state index in [-0.39, 0.29) is 36.1 Å². The number of H-pyrrole nitrogens is 1. The highest BCUT2D eigenvalue weighted by Gasteiger charge is 2.21. The molecule has 0 aliphatic carbocycles. The number of aromatic amines is 1. The fraction of sp³-hybridized carbons (Fsp3) is 0.0952. The maximum absolute atomic E-state index is 12.6. The third kappa shape index (κ3) is 4.13. The number of nitrogens with two attached hydrogens (primary N) is 1. The molecule has 1 aliphatic rings. The van der Waals surface area contributed by atoms with Crippen LogP contribution in [-0.2, 0) is 11.3 Å². The molecule has 3 aromatic rings. The normalized spacial score (nSPS) is 12.3. The fourth-order valence-electron chi connectivity index (χ4n) is 3.14. The van der Waals surface area contributed by atoms with Crippen LogP contribution in [-0.4, -0.2) is 34.3 Å². The van der Waals surface area contributed by atoms with Gasteiger partial charge in [0.15, 0.2) is 12.4 Å². The van der Waals surface area contributed by atoms with Crippen LogP contribution in [0.5, 0.6) is 5.75 Å². The Hall–Kier alpha value is -4.47. The molecule has 1 aromatic heterocycles. The molecule has 2 aromatic carbocycles. The number of primary amides is 1. The van der Waals surface area contributed by atoms with Gasteiger partial charge in [-0.2, -0.15) is 0 Å². The maximum Gasteiger partial charge on any atom is 0.287 e. The summed E-state index contributed by atoms with van der Waals surface area (Å²) >= 11 is 0. The van der Waals surface area contributed by atoms with Gasteiger partial charge in [0, 0.05) is 6.54 Å². The maximum atomic E-state index is 12.6. The van der Waals surface area contributed by atoms with Gasteiger partial charge < -0.3 is 26.1 Å². The predicted molar refractivity (Wildman–Crippen MR) is 111 cm³/mol. The van der Waals surface area contributed by atoms with Crippen LogP contribution in [0.25, 0.3) is 11.1 Å². The first-order valence-electron chi connectivity index (χ1n) is 9.25. The van der Waals surface area contributed by atoms with Gasteiger partial charge in [-0.1, -0.05) is 36.4 Å². The van der Waals surface area contributed by atoms with E-state index in [1.54, 1.807) is 48.5 Å². The van der Waals surface area contributed by atoms with Gasteiger partial charge in [-0.3, -0.25) is 19.2 Å². The van der Waals surface area contributed by atoms with E-state index in [0.717, 1.165) is 0 Å². The van der Waals surface area contributed by atoms with Crippen molar-refractivity contribution in [1.82, 2.24) is 15.3 Å². The molecule has 0 saturated carbocycles. The molecule has 0 radical (unpaired) electrons. The van der Waals surface area contributed by atoms with E-state index >= 15 is 0 Å². The third-order valence-corrected chi connectivity index (χ3v) is 4.56. The van der Waals surface area contributed by atoms with Gasteiger partial charge in [-0.05, 0) is 23.3 Å². The van der Waals surface area contributed by atoms with E-state index in [0.29, 0.717) is 22.6 Å². The lowest BCUT2D eigenvalue weighted by Crippen LogP contribution is -2.31. The molecule has 0 saturated heterocycles. The Morgan fingerprint density at radius 2 is 1.90 bits per heavy atom.